The van der Waals surface area contributed by atoms with Gasteiger partial charge in [0.15, 0.2) is 0 Å². The lowest BCUT2D eigenvalue weighted by Gasteiger charge is -2.38. The number of hydrogen-bond acceptors (Lipinski definition) is 7. The van der Waals surface area contributed by atoms with Crippen LogP contribution in [0.4, 0.5) is 0 Å². The lowest BCUT2D eigenvalue weighted by atomic mass is 9.66. The summed E-state index contributed by atoms with van der Waals surface area (Å²) in [6, 6.07) is 6.86. The van der Waals surface area contributed by atoms with Gasteiger partial charge in [0, 0.05) is 37.5 Å². The molecule has 2 unspecified atom stereocenters. The summed E-state index contributed by atoms with van der Waals surface area (Å²) in [5, 5.41) is 18.0. The first-order valence-corrected chi connectivity index (χ1v) is 15.8. The maximum atomic E-state index is 14.7. The van der Waals surface area contributed by atoms with E-state index in [0.29, 0.717) is 38.9 Å². The van der Waals surface area contributed by atoms with E-state index < -0.39 is 27.4 Å². The number of aromatic nitrogens is 3. The summed E-state index contributed by atoms with van der Waals surface area (Å²) in [5.74, 6) is -1.41. The van der Waals surface area contributed by atoms with Crippen molar-refractivity contribution >= 4 is 40.5 Å². The van der Waals surface area contributed by atoms with Crippen LogP contribution < -0.4 is 0 Å². The molecule has 2 aromatic rings. The molecule has 11 heteroatoms. The van der Waals surface area contributed by atoms with Gasteiger partial charge >= 0.3 is 0 Å². The molecule has 226 valence electrons. The van der Waals surface area contributed by atoms with Crippen LogP contribution in [0, 0.1) is 11.8 Å². The SMILES string of the molecule is C=CCN(Cn1nnc2ccccc21)C(=O)C1N(CCCCO)C(=O)[C@@H]2[C@@H](C(=O)N(CC=C)CCC)[C@@]3(C)CCC12S3. The molecule has 0 radical (unpaired) electrons. The Labute approximate surface area is 251 Å². The fraction of sp³-hybridized carbons (Fsp3) is 0.581. The number of rotatable bonds is 14. The Morgan fingerprint density at radius 2 is 1.88 bits per heavy atom. The Morgan fingerprint density at radius 3 is 2.60 bits per heavy atom. The predicted octanol–water partition coefficient (Wildman–Crippen LogP) is 3.08. The number of aliphatic hydroxyl groups is 1. The molecule has 3 aliphatic heterocycles. The van der Waals surface area contributed by atoms with Gasteiger partial charge in [-0.15, -0.1) is 30.0 Å². The van der Waals surface area contributed by atoms with Crippen molar-refractivity contribution in [3.63, 3.8) is 0 Å². The smallest absolute Gasteiger partial charge is 0.248 e. The van der Waals surface area contributed by atoms with E-state index in [0.717, 1.165) is 23.9 Å². The van der Waals surface area contributed by atoms with Crippen molar-refractivity contribution in [1.82, 2.24) is 29.7 Å². The molecule has 5 rings (SSSR count). The van der Waals surface area contributed by atoms with Crippen molar-refractivity contribution < 1.29 is 19.5 Å². The fourth-order valence-corrected chi connectivity index (χ4v) is 9.70. The first-order chi connectivity index (χ1) is 20.3. The van der Waals surface area contributed by atoms with Crippen LogP contribution in [0.3, 0.4) is 0 Å². The van der Waals surface area contributed by atoms with Gasteiger partial charge in [-0.2, -0.15) is 0 Å². The van der Waals surface area contributed by atoms with E-state index in [9.17, 15) is 19.5 Å². The summed E-state index contributed by atoms with van der Waals surface area (Å²) in [7, 11) is 0. The number of amides is 3. The number of nitrogens with zero attached hydrogens (tertiary/aromatic N) is 6. The van der Waals surface area contributed by atoms with Gasteiger partial charge in [0.05, 0.1) is 22.1 Å². The molecule has 3 aliphatic rings. The maximum Gasteiger partial charge on any atom is 0.248 e. The molecule has 42 heavy (non-hydrogen) atoms. The molecule has 3 amide bonds. The van der Waals surface area contributed by atoms with Crippen LogP contribution in [-0.4, -0.2) is 101 Å². The van der Waals surface area contributed by atoms with E-state index in [-0.39, 0.29) is 37.5 Å². The number of unbranched alkanes of at least 4 members (excludes halogenated alkanes) is 1. The lowest BCUT2D eigenvalue weighted by molar-refractivity contribution is -0.146. The van der Waals surface area contributed by atoms with Crippen LogP contribution in [0.15, 0.2) is 49.6 Å². The molecule has 1 spiro atoms. The zero-order chi connectivity index (χ0) is 30.1. The van der Waals surface area contributed by atoms with Crippen molar-refractivity contribution in [2.45, 2.75) is 68.2 Å². The van der Waals surface area contributed by atoms with Gasteiger partial charge in [0.25, 0.3) is 0 Å². The zero-order valence-corrected chi connectivity index (χ0v) is 25.5. The van der Waals surface area contributed by atoms with Crippen molar-refractivity contribution in [3.8, 4) is 0 Å². The average molecular weight is 595 g/mol. The molecule has 1 N–H and O–H groups in total. The van der Waals surface area contributed by atoms with Gasteiger partial charge in [-0.1, -0.05) is 36.4 Å². The molecule has 1 aromatic heterocycles. The Balaban J connectivity index is 1.53. The van der Waals surface area contributed by atoms with Crippen molar-refractivity contribution in [3.05, 3.63) is 49.6 Å². The Kier molecular flexibility index (Phi) is 8.80. The minimum atomic E-state index is -0.730. The van der Waals surface area contributed by atoms with E-state index >= 15 is 0 Å². The van der Waals surface area contributed by atoms with E-state index in [1.807, 2.05) is 36.1 Å². The summed E-state index contributed by atoms with van der Waals surface area (Å²) in [6.07, 6.45) is 6.77. The van der Waals surface area contributed by atoms with Gasteiger partial charge in [0.2, 0.25) is 17.7 Å². The number of benzene rings is 1. The lowest BCUT2D eigenvalue weighted by Crippen LogP contribution is -2.55. The van der Waals surface area contributed by atoms with Gasteiger partial charge in [-0.25, -0.2) is 4.68 Å². The summed E-state index contributed by atoms with van der Waals surface area (Å²) >= 11 is 1.68. The molecule has 3 fully saturated rings. The molecule has 1 aromatic carbocycles. The Bertz CT molecular complexity index is 1360. The highest BCUT2D eigenvalue weighted by molar-refractivity contribution is 8.02. The van der Waals surface area contributed by atoms with Gasteiger partial charge in [-0.3, -0.25) is 14.4 Å². The molecule has 10 nitrogen and oxygen atoms in total. The van der Waals surface area contributed by atoms with E-state index in [4.69, 9.17) is 0 Å². The third-order valence-electron chi connectivity index (χ3n) is 9.12. The van der Waals surface area contributed by atoms with Gasteiger partial charge in [-0.05, 0) is 51.2 Å². The normalized spacial score (nSPS) is 27.8. The largest absolute Gasteiger partial charge is 0.396 e. The van der Waals surface area contributed by atoms with Gasteiger partial charge in [0.1, 0.15) is 18.2 Å². The molecular weight excluding hydrogens is 552 g/mol. The summed E-state index contributed by atoms with van der Waals surface area (Å²) in [5.41, 5.74) is 1.55. The Hall–Kier alpha value is -3.18. The second-order valence-corrected chi connectivity index (χ2v) is 13.7. The maximum absolute atomic E-state index is 14.7. The highest BCUT2D eigenvalue weighted by Gasteiger charge is 2.77. The number of aliphatic hydroxyl groups excluding tert-OH is 1. The molecule has 5 atom stereocenters. The average Bonchev–Trinajstić information content (AvgIpc) is 3.68. The van der Waals surface area contributed by atoms with Crippen LogP contribution in [0.2, 0.25) is 0 Å². The number of para-hydroxylation sites is 1. The van der Waals surface area contributed by atoms with E-state index in [1.165, 1.54) is 0 Å². The molecule has 2 bridgehead atoms. The second-order valence-electron chi connectivity index (χ2n) is 11.8. The van der Waals surface area contributed by atoms with Crippen LogP contribution in [-0.2, 0) is 21.1 Å². The van der Waals surface area contributed by atoms with Crippen molar-refractivity contribution in [2.24, 2.45) is 11.8 Å². The van der Waals surface area contributed by atoms with Crippen LogP contribution >= 0.6 is 11.8 Å². The van der Waals surface area contributed by atoms with Crippen molar-refractivity contribution in [1.29, 1.82) is 0 Å². The monoisotopic (exact) mass is 594 g/mol. The quantitative estimate of drug-likeness (QED) is 0.264. The predicted molar refractivity (Wildman–Crippen MR) is 163 cm³/mol. The summed E-state index contributed by atoms with van der Waals surface area (Å²) in [4.78, 5) is 48.4. The second kappa shape index (κ2) is 12.2. The highest BCUT2D eigenvalue weighted by atomic mass is 32.2. The molecular formula is C31H42N6O4S. The first-order valence-electron chi connectivity index (χ1n) is 15.0. The van der Waals surface area contributed by atoms with E-state index in [1.54, 1.807) is 38.4 Å². The fourth-order valence-electron chi connectivity index (χ4n) is 7.36. The highest BCUT2D eigenvalue weighted by Crippen LogP contribution is 2.71. The minimum Gasteiger partial charge on any atom is -0.396 e. The van der Waals surface area contributed by atoms with Crippen LogP contribution in [0.1, 0.15) is 46.0 Å². The zero-order valence-electron chi connectivity index (χ0n) is 24.7. The summed E-state index contributed by atoms with van der Waals surface area (Å²) in [6.45, 7) is 13.7. The van der Waals surface area contributed by atoms with Gasteiger partial charge < -0.3 is 19.8 Å². The first kappa shape index (κ1) is 30.3. The molecule has 0 aliphatic carbocycles. The number of fused-ring (bicyclic) bond motifs is 2. The third kappa shape index (κ3) is 4.94. The third-order valence-corrected chi connectivity index (χ3v) is 11.1. The number of hydrogen-bond donors (Lipinski definition) is 1. The molecule has 3 saturated heterocycles. The standard InChI is InChI=1S/C31H42N6O4S/c1-5-16-34(17-6-2)27(39)24-25-28(40)36(19-10-11-20-38)26(31(25)15-14-30(24,4)42-31)29(41)35(18-7-3)21-37-23-13-9-8-12-22(23)32-33-37/h5,7-9,12-13,24-26,38H,1,3,6,10-11,14-21H2,2,4H3/t24-,25-,26?,30+,31?/m0/s1. The van der Waals surface area contributed by atoms with Crippen LogP contribution in [0.5, 0.6) is 0 Å². The molecule has 0 saturated carbocycles. The number of carbonyl (C=O) groups excluding carboxylic acids is 3. The number of carbonyl (C=O) groups is 3. The minimum absolute atomic E-state index is 0.0125. The Morgan fingerprint density at radius 1 is 1.14 bits per heavy atom. The number of thioether (sulfide) groups is 1. The molecule has 4 heterocycles. The topological polar surface area (TPSA) is 112 Å². The van der Waals surface area contributed by atoms with Crippen LogP contribution in [0.25, 0.3) is 11.0 Å². The van der Waals surface area contributed by atoms with E-state index in [2.05, 4.69) is 30.4 Å². The number of likely N-dealkylation sites (tertiary alicyclic amines) is 1. The van der Waals surface area contributed by atoms with Crippen molar-refractivity contribution in [2.75, 3.05) is 32.8 Å². The summed E-state index contributed by atoms with van der Waals surface area (Å²) < 4.78 is 0.549.